The van der Waals surface area contributed by atoms with Gasteiger partial charge in [0.25, 0.3) is 0 Å². The number of rotatable bonds is 2. The van der Waals surface area contributed by atoms with E-state index >= 15 is 0 Å². The lowest BCUT2D eigenvalue weighted by Gasteiger charge is -2.23. The van der Waals surface area contributed by atoms with Gasteiger partial charge >= 0.3 is 0 Å². The van der Waals surface area contributed by atoms with Gasteiger partial charge in [0, 0.05) is 25.2 Å². The molecule has 3 rings (SSSR count). The zero-order chi connectivity index (χ0) is 11.7. The lowest BCUT2D eigenvalue weighted by molar-refractivity contribution is 0.169. The maximum atomic E-state index is 6.11. The molecule has 0 spiro atoms. The van der Waals surface area contributed by atoms with Crippen molar-refractivity contribution < 1.29 is 4.74 Å². The number of para-hydroxylation sites is 1. The van der Waals surface area contributed by atoms with Crippen LogP contribution in [0.1, 0.15) is 12.8 Å². The number of benzene rings is 1. The van der Waals surface area contributed by atoms with E-state index in [9.17, 15) is 0 Å². The first-order valence-corrected chi connectivity index (χ1v) is 6.26. The van der Waals surface area contributed by atoms with Gasteiger partial charge in [-0.15, -0.1) is 0 Å². The van der Waals surface area contributed by atoms with Crippen LogP contribution in [0, 0.1) is 0 Å². The van der Waals surface area contributed by atoms with E-state index in [1.807, 2.05) is 0 Å². The summed E-state index contributed by atoms with van der Waals surface area (Å²) in [5.41, 5.74) is 1.23. The average molecular weight is 230 g/mol. The van der Waals surface area contributed by atoms with Gasteiger partial charge in [-0.2, -0.15) is 0 Å². The van der Waals surface area contributed by atoms with Gasteiger partial charge in [-0.25, -0.2) is 0 Å². The molecule has 1 N–H and O–H groups in total. The maximum absolute atomic E-state index is 6.11. The summed E-state index contributed by atoms with van der Waals surface area (Å²) in [6.45, 7) is 2.08. The molecule has 1 aliphatic heterocycles. The predicted octanol–water partition coefficient (Wildman–Crippen LogP) is 2.31. The van der Waals surface area contributed by atoms with E-state index in [2.05, 4.69) is 47.4 Å². The van der Waals surface area contributed by atoms with E-state index < -0.39 is 0 Å². The second-order valence-corrected chi connectivity index (χ2v) is 4.71. The van der Waals surface area contributed by atoms with Crippen LogP contribution in [-0.4, -0.2) is 23.8 Å². The molecule has 0 bridgehead atoms. The van der Waals surface area contributed by atoms with Crippen LogP contribution in [0.2, 0.25) is 0 Å². The zero-order valence-electron chi connectivity index (χ0n) is 10.1. The molecular formula is C14H18N2O. The molecule has 1 fully saturated rings. The number of aromatic nitrogens is 1. The van der Waals surface area contributed by atoms with Gasteiger partial charge in [0.2, 0.25) is 0 Å². The van der Waals surface area contributed by atoms with Crippen LogP contribution < -0.4 is 10.1 Å². The lowest BCUT2D eigenvalue weighted by atomic mass is 10.1. The highest BCUT2D eigenvalue weighted by atomic mass is 16.5. The molecule has 0 amide bonds. The van der Waals surface area contributed by atoms with Crippen LogP contribution >= 0.6 is 0 Å². The third kappa shape index (κ3) is 2.03. The highest BCUT2D eigenvalue weighted by Gasteiger charge is 2.16. The molecule has 1 unspecified atom stereocenters. The van der Waals surface area contributed by atoms with Gasteiger partial charge < -0.3 is 14.6 Å². The average Bonchev–Trinajstić information content (AvgIpc) is 2.69. The molecule has 0 radical (unpaired) electrons. The molecular weight excluding hydrogens is 212 g/mol. The molecule has 3 nitrogen and oxygen atoms in total. The van der Waals surface area contributed by atoms with Crippen LogP contribution in [0.25, 0.3) is 10.9 Å². The Labute approximate surface area is 101 Å². The number of piperidine rings is 1. The number of hydrogen-bond donors (Lipinski definition) is 1. The Balaban J connectivity index is 1.89. The zero-order valence-corrected chi connectivity index (χ0v) is 10.1. The van der Waals surface area contributed by atoms with E-state index in [-0.39, 0.29) is 0 Å². The lowest BCUT2D eigenvalue weighted by Crippen LogP contribution is -2.37. The largest absolute Gasteiger partial charge is 0.487 e. The Hall–Kier alpha value is -1.48. The molecule has 0 saturated carbocycles. The van der Waals surface area contributed by atoms with Gasteiger partial charge in [0.15, 0.2) is 0 Å². The van der Waals surface area contributed by atoms with Crippen LogP contribution in [0.3, 0.4) is 0 Å². The first-order chi connectivity index (χ1) is 8.34. The molecule has 1 aromatic heterocycles. The highest BCUT2D eigenvalue weighted by Crippen LogP contribution is 2.28. The van der Waals surface area contributed by atoms with Gasteiger partial charge in [0.1, 0.15) is 11.9 Å². The van der Waals surface area contributed by atoms with Crippen molar-refractivity contribution in [2.75, 3.05) is 13.1 Å². The van der Waals surface area contributed by atoms with Crippen LogP contribution in [-0.2, 0) is 7.05 Å². The van der Waals surface area contributed by atoms with Crippen molar-refractivity contribution in [2.45, 2.75) is 18.9 Å². The molecule has 1 atom stereocenters. The number of nitrogens with zero attached hydrogens (tertiary/aromatic N) is 1. The smallest absolute Gasteiger partial charge is 0.145 e. The molecule has 1 aromatic carbocycles. The van der Waals surface area contributed by atoms with Gasteiger partial charge in [-0.05, 0) is 31.5 Å². The summed E-state index contributed by atoms with van der Waals surface area (Å²) in [6, 6.07) is 8.38. The minimum Gasteiger partial charge on any atom is -0.487 e. The summed E-state index contributed by atoms with van der Waals surface area (Å²) in [4.78, 5) is 0. The first-order valence-electron chi connectivity index (χ1n) is 6.26. The van der Waals surface area contributed by atoms with E-state index in [0.29, 0.717) is 6.10 Å². The van der Waals surface area contributed by atoms with Crippen molar-refractivity contribution in [1.82, 2.24) is 9.88 Å². The Morgan fingerprint density at radius 3 is 3.06 bits per heavy atom. The van der Waals surface area contributed by atoms with Crippen molar-refractivity contribution in [3.8, 4) is 5.75 Å². The molecule has 0 aliphatic carbocycles. The second kappa shape index (κ2) is 4.41. The predicted molar refractivity (Wildman–Crippen MR) is 69.4 cm³/mol. The van der Waals surface area contributed by atoms with Crippen molar-refractivity contribution in [1.29, 1.82) is 0 Å². The number of hydrogen-bond acceptors (Lipinski definition) is 2. The van der Waals surface area contributed by atoms with Crippen LogP contribution in [0.15, 0.2) is 30.5 Å². The molecule has 3 heteroatoms. The minimum atomic E-state index is 0.314. The number of ether oxygens (including phenoxy) is 1. The monoisotopic (exact) mass is 230 g/mol. The fourth-order valence-corrected chi connectivity index (χ4v) is 2.50. The SMILES string of the molecule is Cn1cc(OC2CCCNC2)c2ccccc21. The number of fused-ring (bicyclic) bond motifs is 1. The summed E-state index contributed by atoms with van der Waals surface area (Å²) < 4.78 is 8.23. The summed E-state index contributed by atoms with van der Waals surface area (Å²) >= 11 is 0. The maximum Gasteiger partial charge on any atom is 0.145 e. The van der Waals surface area contributed by atoms with E-state index in [1.54, 1.807) is 0 Å². The van der Waals surface area contributed by atoms with Crippen molar-refractivity contribution in [3.05, 3.63) is 30.5 Å². The topological polar surface area (TPSA) is 26.2 Å². The fraction of sp³-hybridized carbons (Fsp3) is 0.429. The molecule has 90 valence electrons. The molecule has 2 aromatic rings. The summed E-state index contributed by atoms with van der Waals surface area (Å²) in [7, 11) is 2.06. The Morgan fingerprint density at radius 2 is 2.24 bits per heavy atom. The van der Waals surface area contributed by atoms with Crippen molar-refractivity contribution in [2.24, 2.45) is 7.05 Å². The van der Waals surface area contributed by atoms with Gasteiger partial charge in [0.05, 0.1) is 5.52 Å². The Bertz CT molecular complexity index is 512. The van der Waals surface area contributed by atoms with Crippen LogP contribution in [0.5, 0.6) is 5.75 Å². The molecule has 2 heterocycles. The fourth-order valence-electron chi connectivity index (χ4n) is 2.50. The quantitative estimate of drug-likeness (QED) is 0.856. The van der Waals surface area contributed by atoms with E-state index in [1.165, 1.54) is 17.3 Å². The number of nitrogens with one attached hydrogen (secondary N) is 1. The summed E-state index contributed by atoms with van der Waals surface area (Å²) in [5, 5.41) is 4.59. The van der Waals surface area contributed by atoms with Crippen molar-refractivity contribution >= 4 is 10.9 Å². The van der Waals surface area contributed by atoms with E-state index in [4.69, 9.17) is 4.74 Å². The normalized spacial score (nSPS) is 20.6. The van der Waals surface area contributed by atoms with Gasteiger partial charge in [-0.1, -0.05) is 12.1 Å². The highest BCUT2D eigenvalue weighted by molar-refractivity contribution is 5.86. The molecule has 1 aliphatic rings. The third-order valence-electron chi connectivity index (χ3n) is 3.41. The van der Waals surface area contributed by atoms with E-state index in [0.717, 1.165) is 25.3 Å². The Kier molecular flexibility index (Phi) is 2.77. The minimum absolute atomic E-state index is 0.314. The first kappa shape index (κ1) is 10.7. The third-order valence-corrected chi connectivity index (χ3v) is 3.41. The number of aryl methyl sites for hydroxylation is 1. The van der Waals surface area contributed by atoms with Crippen LogP contribution in [0.4, 0.5) is 0 Å². The Morgan fingerprint density at radius 1 is 1.35 bits per heavy atom. The summed E-state index contributed by atoms with van der Waals surface area (Å²) in [6.07, 6.45) is 4.75. The van der Waals surface area contributed by atoms with Gasteiger partial charge in [-0.3, -0.25) is 0 Å². The second-order valence-electron chi connectivity index (χ2n) is 4.71. The van der Waals surface area contributed by atoms with Crippen molar-refractivity contribution in [3.63, 3.8) is 0 Å². The standard InChI is InChI=1S/C14H18N2O/c1-16-10-14(12-6-2-3-7-13(12)16)17-11-5-4-8-15-9-11/h2-3,6-7,10-11,15H,4-5,8-9H2,1H3. The molecule has 1 saturated heterocycles. The molecule has 17 heavy (non-hydrogen) atoms. The summed E-state index contributed by atoms with van der Waals surface area (Å²) in [5.74, 6) is 1.01.